The number of amides is 4. The summed E-state index contributed by atoms with van der Waals surface area (Å²) in [4.78, 5) is 38.6. The van der Waals surface area contributed by atoms with Crippen molar-refractivity contribution in [3.8, 4) is 0 Å². The fourth-order valence-electron chi connectivity index (χ4n) is 3.49. The lowest BCUT2D eigenvalue weighted by atomic mass is 10.0. The van der Waals surface area contributed by atoms with Crippen LogP contribution in [0.2, 0.25) is 0 Å². The van der Waals surface area contributed by atoms with Gasteiger partial charge in [0, 0.05) is 24.3 Å². The van der Waals surface area contributed by atoms with Crippen molar-refractivity contribution in [3.63, 3.8) is 0 Å². The summed E-state index contributed by atoms with van der Waals surface area (Å²) in [6, 6.07) is 6.63. The Hall–Kier alpha value is -2.88. The first kappa shape index (κ1) is 31.2. The average Bonchev–Trinajstić information content (AvgIpc) is 2.77. The van der Waals surface area contributed by atoms with Crippen LogP contribution >= 0.6 is 0 Å². The zero-order valence-electron chi connectivity index (χ0n) is 22.4. The van der Waals surface area contributed by atoms with Crippen molar-refractivity contribution < 1.29 is 22.8 Å². The highest BCUT2D eigenvalue weighted by Crippen LogP contribution is 2.10. The highest BCUT2D eigenvalue weighted by Gasteiger charge is 2.29. The molecule has 0 fully saturated rings. The Balaban J connectivity index is 2.85. The molecular weight excluding hydrogens is 480 g/mol. The van der Waals surface area contributed by atoms with Crippen molar-refractivity contribution in [2.45, 2.75) is 72.6 Å². The maximum Gasteiger partial charge on any atom is 0.316 e. The number of nitrogens with one attached hydrogen (secondary N) is 4. The van der Waals surface area contributed by atoms with E-state index in [0.29, 0.717) is 13.0 Å². The molecule has 3 atom stereocenters. The summed E-state index contributed by atoms with van der Waals surface area (Å²) in [7, 11) is -3.35. The van der Waals surface area contributed by atoms with Crippen LogP contribution < -0.4 is 21.3 Å². The largest absolute Gasteiger partial charge is 0.350 e. The van der Waals surface area contributed by atoms with Crippen molar-refractivity contribution in [2.75, 3.05) is 6.26 Å². The molecule has 36 heavy (non-hydrogen) atoms. The standard InChI is InChI=1S/C26H42N4O5S/c1-17(2)15-21(13-14-36(7,34)35)28-25(32)23(19(5)6)30-26(33)29-22(18(3)4)24(31)27-16-20-11-9-8-10-12-20/h8-14,17-19,21-23H,15-16H2,1-7H3,(H,27,31)(H,28,32)(H2,29,30,33)/b14-13+/t21-,22+,23+/m1/s1. The van der Waals surface area contributed by atoms with Gasteiger partial charge in [0.15, 0.2) is 9.84 Å². The number of benzene rings is 1. The van der Waals surface area contributed by atoms with Crippen molar-refractivity contribution in [2.24, 2.45) is 17.8 Å². The van der Waals surface area contributed by atoms with Gasteiger partial charge in [-0.05, 0) is 29.7 Å². The summed E-state index contributed by atoms with van der Waals surface area (Å²) in [6.07, 6.45) is 3.07. The van der Waals surface area contributed by atoms with Gasteiger partial charge in [0.05, 0.1) is 0 Å². The summed E-state index contributed by atoms with van der Waals surface area (Å²) in [6.45, 7) is 11.5. The summed E-state index contributed by atoms with van der Waals surface area (Å²) in [5.41, 5.74) is 0.940. The maximum absolute atomic E-state index is 13.0. The highest BCUT2D eigenvalue weighted by molar-refractivity contribution is 7.93. The van der Waals surface area contributed by atoms with Gasteiger partial charge in [0.1, 0.15) is 12.1 Å². The van der Waals surface area contributed by atoms with Crippen LogP contribution in [-0.2, 0) is 26.0 Å². The lowest BCUT2D eigenvalue weighted by Gasteiger charge is -2.27. The third kappa shape index (κ3) is 12.2. The van der Waals surface area contributed by atoms with Crippen molar-refractivity contribution in [1.29, 1.82) is 0 Å². The van der Waals surface area contributed by atoms with Gasteiger partial charge in [-0.15, -0.1) is 0 Å². The summed E-state index contributed by atoms with van der Waals surface area (Å²) < 4.78 is 23.1. The molecule has 9 nitrogen and oxygen atoms in total. The third-order valence-corrected chi connectivity index (χ3v) is 6.04. The molecule has 0 aliphatic rings. The number of hydrogen-bond acceptors (Lipinski definition) is 5. The van der Waals surface area contributed by atoms with E-state index in [-0.39, 0.29) is 23.7 Å². The van der Waals surface area contributed by atoms with E-state index in [1.807, 2.05) is 58.0 Å². The van der Waals surface area contributed by atoms with E-state index in [4.69, 9.17) is 0 Å². The second kappa shape index (κ2) is 14.6. The van der Waals surface area contributed by atoms with Crippen LogP contribution in [0.15, 0.2) is 41.8 Å². The zero-order chi connectivity index (χ0) is 27.5. The van der Waals surface area contributed by atoms with E-state index in [1.165, 1.54) is 6.08 Å². The van der Waals surface area contributed by atoms with E-state index in [2.05, 4.69) is 21.3 Å². The molecule has 0 spiro atoms. The van der Waals surface area contributed by atoms with Gasteiger partial charge >= 0.3 is 6.03 Å². The molecular formula is C26H42N4O5S. The molecule has 0 saturated carbocycles. The van der Waals surface area contributed by atoms with Gasteiger partial charge in [-0.25, -0.2) is 13.2 Å². The van der Waals surface area contributed by atoms with Crippen LogP contribution in [0, 0.1) is 17.8 Å². The minimum atomic E-state index is -3.35. The molecule has 4 N–H and O–H groups in total. The van der Waals surface area contributed by atoms with Crippen LogP contribution in [0.5, 0.6) is 0 Å². The fourth-order valence-corrected chi connectivity index (χ4v) is 3.97. The lowest BCUT2D eigenvalue weighted by molar-refractivity contribution is -0.124. The second-order valence-corrected chi connectivity index (χ2v) is 12.1. The molecule has 0 unspecified atom stereocenters. The quantitative estimate of drug-likeness (QED) is 0.316. The second-order valence-electron chi connectivity index (χ2n) is 10.2. The summed E-state index contributed by atoms with van der Waals surface area (Å²) in [5.74, 6) is -0.987. The molecule has 0 saturated heterocycles. The molecule has 4 amide bonds. The third-order valence-electron chi connectivity index (χ3n) is 5.39. The van der Waals surface area contributed by atoms with Gasteiger partial charge in [0.2, 0.25) is 11.8 Å². The van der Waals surface area contributed by atoms with Crippen molar-refractivity contribution in [1.82, 2.24) is 21.3 Å². The molecule has 1 aromatic rings. The van der Waals surface area contributed by atoms with Crippen molar-refractivity contribution >= 4 is 27.7 Å². The van der Waals surface area contributed by atoms with Crippen molar-refractivity contribution in [3.05, 3.63) is 47.4 Å². The maximum atomic E-state index is 13.0. The van der Waals surface area contributed by atoms with Crippen LogP contribution in [0.4, 0.5) is 4.79 Å². The average molecular weight is 523 g/mol. The molecule has 1 aromatic carbocycles. The van der Waals surface area contributed by atoms with Gasteiger partial charge in [-0.3, -0.25) is 9.59 Å². The predicted octanol–water partition coefficient (Wildman–Crippen LogP) is 2.74. The number of carbonyl (C=O) groups is 3. The molecule has 0 bridgehead atoms. The van der Waals surface area contributed by atoms with Crippen LogP contribution in [0.3, 0.4) is 0 Å². The normalized spacial score (nSPS) is 14.5. The molecule has 202 valence electrons. The Morgan fingerprint density at radius 1 is 0.833 bits per heavy atom. The van der Waals surface area contributed by atoms with Gasteiger partial charge in [-0.1, -0.05) is 78.0 Å². The number of urea groups is 1. The van der Waals surface area contributed by atoms with Gasteiger partial charge < -0.3 is 21.3 Å². The molecule has 0 aliphatic heterocycles. The summed E-state index contributed by atoms with van der Waals surface area (Å²) in [5, 5.41) is 12.1. The molecule has 10 heteroatoms. The molecule has 1 rings (SSSR count). The fraction of sp³-hybridized carbons (Fsp3) is 0.577. The highest BCUT2D eigenvalue weighted by atomic mass is 32.2. The van der Waals surface area contributed by atoms with Gasteiger partial charge in [-0.2, -0.15) is 0 Å². The van der Waals surface area contributed by atoms with E-state index in [0.717, 1.165) is 17.2 Å². The topological polar surface area (TPSA) is 133 Å². The number of carbonyl (C=O) groups excluding carboxylic acids is 3. The first-order valence-corrected chi connectivity index (χ1v) is 14.2. The van der Waals surface area contributed by atoms with E-state index in [1.54, 1.807) is 13.8 Å². The minimum Gasteiger partial charge on any atom is -0.350 e. The summed E-state index contributed by atoms with van der Waals surface area (Å²) >= 11 is 0. The lowest BCUT2D eigenvalue weighted by Crippen LogP contribution is -2.58. The Kier molecular flexibility index (Phi) is 12.7. The molecule has 0 heterocycles. The number of rotatable bonds is 13. The monoisotopic (exact) mass is 522 g/mol. The number of hydrogen-bond donors (Lipinski definition) is 4. The predicted molar refractivity (Wildman–Crippen MR) is 143 cm³/mol. The van der Waals surface area contributed by atoms with Gasteiger partial charge in [0.25, 0.3) is 0 Å². The SMILES string of the molecule is CC(C)C[C@@H](/C=C/S(C)(=O)=O)NC(=O)[C@@H](NC(=O)N[C@H](C(=O)NCc1ccccc1)C(C)C)C(C)C. The minimum absolute atomic E-state index is 0.186. The molecule has 0 aliphatic carbocycles. The van der Waals surface area contributed by atoms with Crippen LogP contribution in [0.25, 0.3) is 0 Å². The van der Waals surface area contributed by atoms with E-state index in [9.17, 15) is 22.8 Å². The smallest absolute Gasteiger partial charge is 0.316 e. The zero-order valence-corrected chi connectivity index (χ0v) is 23.2. The molecule has 0 radical (unpaired) electrons. The Bertz CT molecular complexity index is 991. The first-order chi connectivity index (χ1) is 16.7. The molecule has 0 aromatic heterocycles. The first-order valence-electron chi connectivity index (χ1n) is 12.3. The van der Waals surface area contributed by atoms with E-state index >= 15 is 0 Å². The number of sulfone groups is 1. The van der Waals surface area contributed by atoms with Crippen LogP contribution in [-0.4, -0.2) is 50.6 Å². The van der Waals surface area contributed by atoms with E-state index < -0.39 is 39.9 Å². The Labute approximate surface area is 215 Å². The Morgan fingerprint density at radius 2 is 1.36 bits per heavy atom. The van der Waals surface area contributed by atoms with Crippen LogP contribution in [0.1, 0.15) is 53.5 Å². The Morgan fingerprint density at radius 3 is 1.83 bits per heavy atom.